The lowest BCUT2D eigenvalue weighted by atomic mass is 10.2. The number of thiophene rings is 1. The van der Waals surface area contributed by atoms with Crippen LogP contribution in [-0.4, -0.2) is 6.61 Å². The highest BCUT2D eigenvalue weighted by Gasteiger charge is 2.11. The van der Waals surface area contributed by atoms with Crippen molar-refractivity contribution < 1.29 is 9.13 Å². The zero-order valence-electron chi connectivity index (χ0n) is 9.66. The average Bonchev–Trinajstić information content (AvgIpc) is 2.88. The second-order valence-corrected chi connectivity index (χ2v) is 5.56. The lowest BCUT2D eigenvalue weighted by Gasteiger charge is -2.10. The molecule has 0 bridgehead atoms. The van der Waals surface area contributed by atoms with Crippen LogP contribution in [0.2, 0.25) is 0 Å². The molecule has 2 rings (SSSR count). The number of nitrogens with two attached hydrogens (primary N) is 1. The van der Waals surface area contributed by atoms with Crippen LogP contribution in [0.15, 0.2) is 34.1 Å². The Morgan fingerprint density at radius 1 is 1.33 bits per heavy atom. The SMILES string of the molecule is NCc1ccc(OCCc2cccs2)c(F)c1Br. The largest absolute Gasteiger partial charge is 0.490 e. The molecule has 0 amide bonds. The lowest BCUT2D eigenvalue weighted by Crippen LogP contribution is -2.04. The minimum Gasteiger partial charge on any atom is -0.490 e. The highest BCUT2D eigenvalue weighted by atomic mass is 79.9. The van der Waals surface area contributed by atoms with E-state index in [4.69, 9.17) is 10.5 Å². The number of halogens is 2. The molecule has 0 aliphatic rings. The van der Waals surface area contributed by atoms with Crippen LogP contribution in [0, 0.1) is 5.82 Å². The molecule has 1 heterocycles. The monoisotopic (exact) mass is 329 g/mol. The number of hydrogen-bond donors (Lipinski definition) is 1. The molecule has 0 spiro atoms. The standard InChI is InChI=1S/C13H13BrFNOS/c14-12-9(8-16)3-4-11(13(12)15)17-6-5-10-2-1-7-18-10/h1-4,7H,5-6,8,16H2. The minimum absolute atomic E-state index is 0.260. The molecule has 0 atom stereocenters. The zero-order valence-corrected chi connectivity index (χ0v) is 12.1. The van der Waals surface area contributed by atoms with E-state index in [1.54, 1.807) is 23.5 Å². The molecule has 0 aliphatic carbocycles. The van der Waals surface area contributed by atoms with E-state index < -0.39 is 0 Å². The third kappa shape index (κ3) is 3.10. The fourth-order valence-corrected chi connectivity index (χ4v) is 2.74. The van der Waals surface area contributed by atoms with Crippen LogP contribution in [0.1, 0.15) is 10.4 Å². The van der Waals surface area contributed by atoms with Crippen molar-refractivity contribution in [2.24, 2.45) is 5.73 Å². The summed E-state index contributed by atoms with van der Waals surface area (Å²) in [6.45, 7) is 0.763. The zero-order chi connectivity index (χ0) is 13.0. The van der Waals surface area contributed by atoms with Gasteiger partial charge >= 0.3 is 0 Å². The fourth-order valence-electron chi connectivity index (χ4n) is 1.56. The van der Waals surface area contributed by atoms with Crippen LogP contribution in [-0.2, 0) is 13.0 Å². The van der Waals surface area contributed by atoms with Gasteiger partial charge in [0.1, 0.15) is 0 Å². The summed E-state index contributed by atoms with van der Waals surface area (Å²) in [5.41, 5.74) is 6.23. The maximum atomic E-state index is 13.9. The quantitative estimate of drug-likeness (QED) is 0.907. The van der Waals surface area contributed by atoms with Crippen LogP contribution in [0.25, 0.3) is 0 Å². The van der Waals surface area contributed by atoms with Crippen molar-refractivity contribution in [3.63, 3.8) is 0 Å². The van der Waals surface area contributed by atoms with E-state index in [1.807, 2.05) is 17.5 Å². The Bertz CT molecular complexity index is 516. The second-order valence-electron chi connectivity index (χ2n) is 3.73. The Labute approximate surface area is 118 Å². The van der Waals surface area contributed by atoms with E-state index in [2.05, 4.69) is 15.9 Å². The molecule has 2 nitrogen and oxygen atoms in total. The van der Waals surface area contributed by atoms with E-state index in [9.17, 15) is 4.39 Å². The Balaban J connectivity index is 1.99. The van der Waals surface area contributed by atoms with Crippen molar-refractivity contribution in [2.75, 3.05) is 6.61 Å². The van der Waals surface area contributed by atoms with Crippen molar-refractivity contribution in [3.05, 3.63) is 50.4 Å². The predicted octanol–water partition coefficient (Wildman–Crippen LogP) is 3.73. The Morgan fingerprint density at radius 3 is 2.83 bits per heavy atom. The highest BCUT2D eigenvalue weighted by Crippen LogP contribution is 2.28. The van der Waals surface area contributed by atoms with Crippen molar-refractivity contribution in [2.45, 2.75) is 13.0 Å². The van der Waals surface area contributed by atoms with Gasteiger partial charge < -0.3 is 10.5 Å². The molecule has 2 aromatic rings. The van der Waals surface area contributed by atoms with E-state index >= 15 is 0 Å². The first-order chi connectivity index (χ1) is 8.72. The van der Waals surface area contributed by atoms with Gasteiger partial charge in [-0.3, -0.25) is 0 Å². The smallest absolute Gasteiger partial charge is 0.179 e. The number of benzene rings is 1. The molecule has 0 unspecified atom stereocenters. The summed E-state index contributed by atoms with van der Waals surface area (Å²) in [4.78, 5) is 1.23. The Morgan fingerprint density at radius 2 is 2.17 bits per heavy atom. The third-order valence-corrected chi connectivity index (χ3v) is 4.33. The van der Waals surface area contributed by atoms with Gasteiger partial charge in [-0.25, -0.2) is 4.39 Å². The van der Waals surface area contributed by atoms with Crippen molar-refractivity contribution >= 4 is 27.3 Å². The second kappa shape index (κ2) is 6.31. The fraction of sp³-hybridized carbons (Fsp3) is 0.231. The summed E-state index contributed by atoms with van der Waals surface area (Å²) >= 11 is 4.86. The Kier molecular flexibility index (Phi) is 4.74. The molecule has 18 heavy (non-hydrogen) atoms. The van der Waals surface area contributed by atoms with Crippen LogP contribution in [0.5, 0.6) is 5.75 Å². The Hall–Kier alpha value is -0.910. The van der Waals surface area contributed by atoms with Crippen molar-refractivity contribution in [3.8, 4) is 5.75 Å². The first kappa shape index (κ1) is 13.5. The molecule has 1 aromatic carbocycles. The van der Waals surface area contributed by atoms with Gasteiger partial charge in [-0.15, -0.1) is 11.3 Å². The predicted molar refractivity (Wildman–Crippen MR) is 75.5 cm³/mol. The number of hydrogen-bond acceptors (Lipinski definition) is 3. The first-order valence-corrected chi connectivity index (χ1v) is 7.21. The highest BCUT2D eigenvalue weighted by molar-refractivity contribution is 9.10. The normalized spacial score (nSPS) is 10.6. The molecule has 2 N–H and O–H groups in total. The van der Waals surface area contributed by atoms with Crippen LogP contribution < -0.4 is 10.5 Å². The molecule has 0 saturated heterocycles. The molecule has 0 aliphatic heterocycles. The summed E-state index contributed by atoms with van der Waals surface area (Å²) in [5, 5.41) is 2.02. The van der Waals surface area contributed by atoms with Gasteiger partial charge in [0.2, 0.25) is 0 Å². The van der Waals surface area contributed by atoms with Crippen LogP contribution in [0.3, 0.4) is 0 Å². The molecule has 96 valence electrons. The van der Waals surface area contributed by atoms with Crippen molar-refractivity contribution in [1.82, 2.24) is 0 Å². The summed E-state index contributed by atoms with van der Waals surface area (Å²) in [6.07, 6.45) is 0.785. The summed E-state index contributed by atoms with van der Waals surface area (Å²) in [5.74, 6) is -0.125. The molecule has 5 heteroatoms. The van der Waals surface area contributed by atoms with E-state index in [1.165, 1.54) is 4.88 Å². The van der Waals surface area contributed by atoms with Gasteiger partial charge in [0, 0.05) is 17.8 Å². The average molecular weight is 330 g/mol. The molecule has 0 fully saturated rings. The molecule has 0 saturated carbocycles. The van der Waals surface area contributed by atoms with Gasteiger partial charge in [-0.2, -0.15) is 0 Å². The van der Waals surface area contributed by atoms with Gasteiger partial charge in [0.25, 0.3) is 0 Å². The topological polar surface area (TPSA) is 35.2 Å². The van der Waals surface area contributed by atoms with E-state index in [-0.39, 0.29) is 11.6 Å². The molecular weight excluding hydrogens is 317 g/mol. The summed E-state index contributed by atoms with van der Waals surface area (Å²) in [6, 6.07) is 7.43. The lowest BCUT2D eigenvalue weighted by molar-refractivity contribution is 0.305. The number of ether oxygens (including phenoxy) is 1. The van der Waals surface area contributed by atoms with Gasteiger partial charge in [-0.05, 0) is 39.0 Å². The van der Waals surface area contributed by atoms with E-state index in [0.29, 0.717) is 17.6 Å². The molecule has 0 radical (unpaired) electrons. The maximum Gasteiger partial charge on any atom is 0.179 e. The summed E-state index contributed by atoms with van der Waals surface area (Å²) in [7, 11) is 0. The molecular formula is C13H13BrFNOS. The molecule has 1 aromatic heterocycles. The van der Waals surface area contributed by atoms with Crippen LogP contribution in [0.4, 0.5) is 4.39 Å². The van der Waals surface area contributed by atoms with Gasteiger partial charge in [0.05, 0.1) is 11.1 Å². The van der Waals surface area contributed by atoms with Crippen molar-refractivity contribution in [1.29, 1.82) is 0 Å². The number of rotatable bonds is 5. The minimum atomic E-state index is -0.385. The first-order valence-electron chi connectivity index (χ1n) is 5.54. The van der Waals surface area contributed by atoms with Gasteiger partial charge in [0.15, 0.2) is 11.6 Å². The summed E-state index contributed by atoms with van der Waals surface area (Å²) < 4.78 is 19.7. The maximum absolute atomic E-state index is 13.9. The van der Waals surface area contributed by atoms with E-state index in [0.717, 1.165) is 12.0 Å². The van der Waals surface area contributed by atoms with Gasteiger partial charge in [-0.1, -0.05) is 12.1 Å². The van der Waals surface area contributed by atoms with Crippen LogP contribution >= 0.6 is 27.3 Å². The third-order valence-electron chi connectivity index (χ3n) is 2.53.